The molecule has 1 rings (SSSR count). The van der Waals surface area contributed by atoms with E-state index in [4.69, 9.17) is 5.73 Å². The van der Waals surface area contributed by atoms with Crippen molar-refractivity contribution in [1.29, 1.82) is 0 Å². The zero-order valence-electron chi connectivity index (χ0n) is 10.0. The summed E-state index contributed by atoms with van der Waals surface area (Å²) in [7, 11) is 1.79. The van der Waals surface area contributed by atoms with E-state index in [1.54, 1.807) is 29.5 Å². The third-order valence-electron chi connectivity index (χ3n) is 2.52. The quantitative estimate of drug-likeness (QED) is 0.840. The number of amides is 1. The number of likely N-dealkylation sites (N-methyl/N-ethyl adjacent to an activating group) is 1. The number of carbonyl (C=O) groups is 1. The molecule has 0 saturated carbocycles. The van der Waals surface area contributed by atoms with Gasteiger partial charge in [0.25, 0.3) is 0 Å². The van der Waals surface area contributed by atoms with Gasteiger partial charge in [0.1, 0.15) is 0 Å². The van der Waals surface area contributed by atoms with Gasteiger partial charge in [0.2, 0.25) is 5.91 Å². The second kappa shape index (κ2) is 5.96. The Balaban J connectivity index is 2.40. The molecule has 0 aliphatic heterocycles. The summed E-state index contributed by atoms with van der Waals surface area (Å²) in [5.74, 6) is 0.182. The lowest BCUT2D eigenvalue weighted by atomic mass is 10.0. The first-order valence-corrected chi connectivity index (χ1v) is 6.29. The van der Waals surface area contributed by atoms with Crippen molar-refractivity contribution >= 4 is 17.2 Å². The summed E-state index contributed by atoms with van der Waals surface area (Å²) in [6.07, 6.45) is 2.58. The van der Waals surface area contributed by atoms with Crippen LogP contribution in [0.1, 0.15) is 18.9 Å². The van der Waals surface area contributed by atoms with Gasteiger partial charge in [-0.15, -0.1) is 11.3 Å². The van der Waals surface area contributed by atoms with Crippen molar-refractivity contribution in [1.82, 2.24) is 9.88 Å². The minimum Gasteiger partial charge on any atom is -0.344 e. The average Bonchev–Trinajstić information content (AvgIpc) is 2.76. The van der Waals surface area contributed by atoms with Gasteiger partial charge in [-0.05, 0) is 5.92 Å². The van der Waals surface area contributed by atoms with Gasteiger partial charge in [0, 0.05) is 31.6 Å². The summed E-state index contributed by atoms with van der Waals surface area (Å²) in [6, 6.07) is -0.402. The second-order valence-corrected chi connectivity index (χ2v) is 5.18. The molecule has 0 spiro atoms. The predicted molar refractivity (Wildman–Crippen MR) is 66.3 cm³/mol. The lowest BCUT2D eigenvalue weighted by molar-refractivity contribution is -0.132. The lowest BCUT2D eigenvalue weighted by Crippen LogP contribution is -2.45. The van der Waals surface area contributed by atoms with Crippen molar-refractivity contribution in [2.24, 2.45) is 11.7 Å². The first-order valence-electron chi connectivity index (χ1n) is 5.41. The molecule has 0 radical (unpaired) electrons. The Morgan fingerprint density at radius 3 is 2.81 bits per heavy atom. The first kappa shape index (κ1) is 13.1. The molecule has 0 aromatic carbocycles. The molecule has 0 bridgehead atoms. The van der Waals surface area contributed by atoms with E-state index >= 15 is 0 Å². The Bertz CT molecular complexity index is 324. The highest BCUT2D eigenvalue weighted by molar-refractivity contribution is 7.09. The van der Waals surface area contributed by atoms with Crippen molar-refractivity contribution < 1.29 is 4.79 Å². The number of nitrogens with zero attached hydrogens (tertiary/aromatic N) is 2. The van der Waals surface area contributed by atoms with Crippen LogP contribution in [-0.2, 0) is 11.2 Å². The third kappa shape index (κ3) is 3.57. The molecular weight excluding hydrogens is 222 g/mol. The predicted octanol–water partition coefficient (Wildman–Crippen LogP) is 1.13. The van der Waals surface area contributed by atoms with Crippen LogP contribution in [0.4, 0.5) is 0 Å². The summed E-state index contributed by atoms with van der Waals surface area (Å²) < 4.78 is 0. The summed E-state index contributed by atoms with van der Waals surface area (Å²) >= 11 is 1.61. The summed E-state index contributed by atoms with van der Waals surface area (Å²) in [4.78, 5) is 17.7. The van der Waals surface area contributed by atoms with Crippen LogP contribution in [-0.4, -0.2) is 35.4 Å². The molecule has 16 heavy (non-hydrogen) atoms. The minimum atomic E-state index is -0.402. The molecule has 2 N–H and O–H groups in total. The van der Waals surface area contributed by atoms with Gasteiger partial charge in [-0.25, -0.2) is 4.98 Å². The van der Waals surface area contributed by atoms with Gasteiger partial charge in [0.15, 0.2) is 0 Å². The second-order valence-electron chi connectivity index (χ2n) is 4.21. The molecule has 1 atom stereocenters. The number of aromatic nitrogens is 1. The van der Waals surface area contributed by atoms with E-state index < -0.39 is 6.04 Å². The molecule has 1 amide bonds. The maximum atomic E-state index is 11.8. The van der Waals surface area contributed by atoms with Gasteiger partial charge in [-0.1, -0.05) is 13.8 Å². The number of carbonyl (C=O) groups excluding carboxylic acids is 1. The maximum Gasteiger partial charge on any atom is 0.239 e. The SMILES string of the molecule is CC(C)[C@H](N)C(=O)N(C)CCc1nccs1. The summed E-state index contributed by atoms with van der Waals surface area (Å²) in [5.41, 5.74) is 5.81. The van der Waals surface area contributed by atoms with Crippen LogP contribution < -0.4 is 5.73 Å². The molecule has 0 aliphatic rings. The highest BCUT2D eigenvalue weighted by Gasteiger charge is 2.20. The number of nitrogens with two attached hydrogens (primary N) is 1. The van der Waals surface area contributed by atoms with Crippen molar-refractivity contribution in [3.05, 3.63) is 16.6 Å². The van der Waals surface area contributed by atoms with E-state index in [-0.39, 0.29) is 11.8 Å². The molecule has 4 nitrogen and oxygen atoms in total. The van der Waals surface area contributed by atoms with Crippen molar-refractivity contribution in [3.63, 3.8) is 0 Å². The maximum absolute atomic E-state index is 11.8. The highest BCUT2D eigenvalue weighted by atomic mass is 32.1. The van der Waals surface area contributed by atoms with Crippen LogP contribution >= 0.6 is 11.3 Å². The lowest BCUT2D eigenvalue weighted by Gasteiger charge is -2.22. The van der Waals surface area contributed by atoms with E-state index in [1.807, 2.05) is 19.2 Å². The molecule has 1 aromatic heterocycles. The fraction of sp³-hybridized carbons (Fsp3) is 0.636. The molecule has 0 fully saturated rings. The molecule has 1 heterocycles. The summed E-state index contributed by atoms with van der Waals surface area (Å²) in [5, 5.41) is 2.99. The Morgan fingerprint density at radius 2 is 2.31 bits per heavy atom. The van der Waals surface area contributed by atoms with Crippen LogP contribution in [0.15, 0.2) is 11.6 Å². The Labute approximate surface area is 100 Å². The van der Waals surface area contributed by atoms with E-state index in [1.165, 1.54) is 0 Å². The fourth-order valence-corrected chi connectivity index (χ4v) is 1.90. The fourth-order valence-electron chi connectivity index (χ4n) is 1.29. The molecule has 90 valence electrons. The van der Waals surface area contributed by atoms with Crippen LogP contribution in [0.3, 0.4) is 0 Å². The van der Waals surface area contributed by atoms with Crippen LogP contribution in [0.2, 0.25) is 0 Å². The van der Waals surface area contributed by atoms with Crippen LogP contribution in [0.5, 0.6) is 0 Å². The highest BCUT2D eigenvalue weighted by Crippen LogP contribution is 2.07. The zero-order valence-corrected chi connectivity index (χ0v) is 10.8. The topological polar surface area (TPSA) is 59.2 Å². The van der Waals surface area contributed by atoms with E-state index in [9.17, 15) is 4.79 Å². The van der Waals surface area contributed by atoms with Crippen molar-refractivity contribution in [2.45, 2.75) is 26.3 Å². The van der Waals surface area contributed by atoms with Gasteiger partial charge in [0.05, 0.1) is 11.0 Å². The molecular formula is C11H19N3OS. The van der Waals surface area contributed by atoms with E-state index in [0.29, 0.717) is 6.54 Å². The largest absolute Gasteiger partial charge is 0.344 e. The van der Waals surface area contributed by atoms with Crippen LogP contribution in [0.25, 0.3) is 0 Å². The van der Waals surface area contributed by atoms with E-state index in [2.05, 4.69) is 4.98 Å². The van der Waals surface area contributed by atoms with Crippen molar-refractivity contribution in [2.75, 3.05) is 13.6 Å². The van der Waals surface area contributed by atoms with Gasteiger partial charge >= 0.3 is 0 Å². The van der Waals surface area contributed by atoms with E-state index in [0.717, 1.165) is 11.4 Å². The van der Waals surface area contributed by atoms with Gasteiger partial charge in [-0.3, -0.25) is 4.79 Å². The molecule has 0 saturated heterocycles. The number of rotatable bonds is 5. The van der Waals surface area contributed by atoms with Crippen molar-refractivity contribution in [3.8, 4) is 0 Å². The molecule has 0 unspecified atom stereocenters. The third-order valence-corrected chi connectivity index (χ3v) is 3.36. The van der Waals surface area contributed by atoms with Gasteiger partial charge < -0.3 is 10.6 Å². The van der Waals surface area contributed by atoms with Gasteiger partial charge in [-0.2, -0.15) is 0 Å². The Morgan fingerprint density at radius 1 is 1.62 bits per heavy atom. The molecule has 1 aromatic rings. The molecule has 5 heteroatoms. The average molecular weight is 241 g/mol. The number of hydrogen-bond donors (Lipinski definition) is 1. The normalized spacial score (nSPS) is 12.8. The number of hydrogen-bond acceptors (Lipinski definition) is 4. The minimum absolute atomic E-state index is 0.00607. The first-order chi connectivity index (χ1) is 7.52. The summed E-state index contributed by atoms with van der Waals surface area (Å²) in [6.45, 7) is 4.58. The Kier molecular flexibility index (Phi) is 4.89. The number of thiazole rings is 1. The Hall–Kier alpha value is -0.940. The van der Waals surface area contributed by atoms with Crippen LogP contribution in [0, 0.1) is 5.92 Å². The zero-order chi connectivity index (χ0) is 12.1. The molecule has 0 aliphatic carbocycles. The standard InChI is InChI=1S/C11H19N3OS/c1-8(2)10(12)11(15)14(3)6-4-9-13-5-7-16-9/h5,7-8,10H,4,6,12H2,1-3H3/t10-/m0/s1. The smallest absolute Gasteiger partial charge is 0.239 e. The monoisotopic (exact) mass is 241 g/mol.